The van der Waals surface area contributed by atoms with Crippen LogP contribution in [-0.4, -0.2) is 23.0 Å². The Morgan fingerprint density at radius 1 is 1.00 bits per heavy atom. The van der Waals surface area contributed by atoms with Crippen molar-refractivity contribution in [2.45, 2.75) is 62.2 Å². The first-order chi connectivity index (χ1) is 8.79. The lowest BCUT2D eigenvalue weighted by atomic mass is 9.92. The maximum Gasteiger partial charge on any atom is 0.0468 e. The molecule has 2 nitrogen and oxygen atoms in total. The molecule has 0 radical (unpaired) electrons. The van der Waals surface area contributed by atoms with Gasteiger partial charge in [-0.1, -0.05) is 30.3 Å². The largest absolute Gasteiger partial charge is 0.328 e. The molecule has 0 aromatic heterocycles. The van der Waals surface area contributed by atoms with Crippen molar-refractivity contribution in [2.24, 2.45) is 5.73 Å². The Labute approximate surface area is 109 Å². The summed E-state index contributed by atoms with van der Waals surface area (Å²) in [6, 6.07) is 13.1. The Kier molecular flexibility index (Phi) is 2.33. The number of nitrogens with two attached hydrogens (primary N) is 1. The van der Waals surface area contributed by atoms with Crippen LogP contribution in [0.5, 0.6) is 0 Å². The zero-order valence-electron chi connectivity index (χ0n) is 10.9. The predicted octanol–water partition coefficient (Wildman–Crippen LogP) is 2.63. The fraction of sp³-hybridized carbons (Fsp3) is 0.625. The van der Waals surface area contributed by atoms with Crippen molar-refractivity contribution in [3.8, 4) is 0 Å². The first kappa shape index (κ1) is 11.0. The number of fused-ring (bicyclic) bond motifs is 2. The zero-order valence-corrected chi connectivity index (χ0v) is 10.9. The number of nitrogens with zero attached hydrogens (tertiary/aromatic N) is 1. The molecule has 1 aliphatic carbocycles. The van der Waals surface area contributed by atoms with Crippen molar-refractivity contribution in [3.63, 3.8) is 0 Å². The van der Waals surface area contributed by atoms with E-state index in [1.807, 2.05) is 0 Å². The molecular formula is C16H22N2. The average molecular weight is 242 g/mol. The molecule has 3 aliphatic rings. The van der Waals surface area contributed by atoms with Crippen LogP contribution in [0.25, 0.3) is 0 Å². The minimum Gasteiger partial charge on any atom is -0.328 e. The van der Waals surface area contributed by atoms with Crippen LogP contribution in [0.4, 0.5) is 0 Å². The van der Waals surface area contributed by atoms with E-state index in [2.05, 4.69) is 35.2 Å². The lowest BCUT2D eigenvalue weighted by Gasteiger charge is -2.43. The molecule has 0 spiro atoms. The van der Waals surface area contributed by atoms with E-state index < -0.39 is 0 Å². The smallest absolute Gasteiger partial charge is 0.0468 e. The highest BCUT2D eigenvalue weighted by Gasteiger charge is 2.57. The molecule has 96 valence electrons. The second-order valence-corrected chi connectivity index (χ2v) is 6.42. The maximum atomic E-state index is 6.19. The molecule has 2 heteroatoms. The van der Waals surface area contributed by atoms with Gasteiger partial charge < -0.3 is 5.73 Å². The number of hydrogen-bond donors (Lipinski definition) is 1. The van der Waals surface area contributed by atoms with Crippen molar-refractivity contribution >= 4 is 0 Å². The van der Waals surface area contributed by atoms with Gasteiger partial charge >= 0.3 is 0 Å². The van der Waals surface area contributed by atoms with E-state index in [1.54, 1.807) is 0 Å². The topological polar surface area (TPSA) is 29.3 Å². The van der Waals surface area contributed by atoms with E-state index in [4.69, 9.17) is 5.73 Å². The van der Waals surface area contributed by atoms with Crippen LogP contribution in [0.1, 0.15) is 44.1 Å². The quantitative estimate of drug-likeness (QED) is 0.864. The van der Waals surface area contributed by atoms with Gasteiger partial charge in [0, 0.05) is 23.7 Å². The van der Waals surface area contributed by atoms with E-state index in [-0.39, 0.29) is 0 Å². The summed E-state index contributed by atoms with van der Waals surface area (Å²) in [6.07, 6.45) is 7.86. The molecule has 1 aromatic rings. The van der Waals surface area contributed by atoms with Crippen LogP contribution in [0.2, 0.25) is 0 Å². The summed E-state index contributed by atoms with van der Waals surface area (Å²) >= 11 is 0. The summed E-state index contributed by atoms with van der Waals surface area (Å²) in [5, 5.41) is 0. The highest BCUT2D eigenvalue weighted by Crippen LogP contribution is 2.57. The summed E-state index contributed by atoms with van der Waals surface area (Å²) in [7, 11) is 0. The molecule has 2 saturated heterocycles. The van der Waals surface area contributed by atoms with Gasteiger partial charge in [-0.15, -0.1) is 0 Å². The summed E-state index contributed by atoms with van der Waals surface area (Å²) in [6.45, 7) is 0. The minimum absolute atomic E-state index is 0.382. The highest BCUT2D eigenvalue weighted by molar-refractivity contribution is 5.32. The molecule has 2 unspecified atom stereocenters. The van der Waals surface area contributed by atoms with Gasteiger partial charge in [0.25, 0.3) is 0 Å². The molecule has 0 amide bonds. The maximum absolute atomic E-state index is 6.19. The lowest BCUT2D eigenvalue weighted by Crippen LogP contribution is -2.52. The van der Waals surface area contributed by atoms with Crippen molar-refractivity contribution in [2.75, 3.05) is 0 Å². The van der Waals surface area contributed by atoms with E-state index in [9.17, 15) is 0 Å². The lowest BCUT2D eigenvalue weighted by molar-refractivity contribution is 0.0615. The van der Waals surface area contributed by atoms with Crippen LogP contribution in [0.3, 0.4) is 0 Å². The zero-order chi connectivity index (χ0) is 12.2. The molecule has 3 fully saturated rings. The van der Waals surface area contributed by atoms with E-state index in [0.29, 0.717) is 11.6 Å². The summed E-state index contributed by atoms with van der Waals surface area (Å²) < 4.78 is 0. The second kappa shape index (κ2) is 3.82. The second-order valence-electron chi connectivity index (χ2n) is 6.42. The van der Waals surface area contributed by atoms with Crippen LogP contribution in [0, 0.1) is 0 Å². The van der Waals surface area contributed by atoms with Gasteiger partial charge in [0.2, 0.25) is 0 Å². The van der Waals surface area contributed by atoms with Gasteiger partial charge in [-0.25, -0.2) is 0 Å². The van der Waals surface area contributed by atoms with Gasteiger partial charge in [0.1, 0.15) is 0 Å². The normalized spacial score (nSPS) is 37.7. The molecule has 2 aliphatic heterocycles. The van der Waals surface area contributed by atoms with Crippen LogP contribution < -0.4 is 5.73 Å². The SMILES string of the molecule is NC1CC2CCC(C1)N2C1(c2ccccc2)CC1. The molecule has 1 saturated carbocycles. The number of benzene rings is 1. The number of piperidine rings is 1. The number of hydrogen-bond acceptors (Lipinski definition) is 2. The van der Waals surface area contributed by atoms with Gasteiger partial charge in [0.15, 0.2) is 0 Å². The van der Waals surface area contributed by atoms with Crippen molar-refractivity contribution in [1.29, 1.82) is 0 Å². The average Bonchev–Trinajstić information content (AvgIpc) is 3.14. The summed E-state index contributed by atoms with van der Waals surface area (Å²) in [5.41, 5.74) is 8.11. The molecule has 2 bridgehead atoms. The van der Waals surface area contributed by atoms with Crippen molar-refractivity contribution < 1.29 is 0 Å². The van der Waals surface area contributed by atoms with Gasteiger partial charge in [-0.2, -0.15) is 0 Å². The van der Waals surface area contributed by atoms with Crippen molar-refractivity contribution in [3.05, 3.63) is 35.9 Å². The standard InChI is InChI=1S/C16H22N2/c17-13-10-14-6-7-15(11-13)18(14)16(8-9-16)12-4-2-1-3-5-12/h1-5,13-15H,6-11,17H2. The molecule has 2 heterocycles. The Balaban J connectivity index is 1.68. The van der Waals surface area contributed by atoms with Gasteiger partial charge in [-0.05, 0) is 44.1 Å². The fourth-order valence-corrected chi connectivity index (χ4v) is 4.48. The Bertz CT molecular complexity index is 424. The third-order valence-electron chi connectivity index (χ3n) is 5.30. The van der Waals surface area contributed by atoms with Gasteiger partial charge in [-0.3, -0.25) is 4.90 Å². The highest BCUT2D eigenvalue weighted by atomic mass is 15.3. The molecule has 18 heavy (non-hydrogen) atoms. The monoisotopic (exact) mass is 242 g/mol. The van der Waals surface area contributed by atoms with Crippen molar-refractivity contribution in [1.82, 2.24) is 4.90 Å². The first-order valence-corrected chi connectivity index (χ1v) is 7.39. The molecule has 2 atom stereocenters. The third-order valence-corrected chi connectivity index (χ3v) is 5.30. The summed E-state index contributed by atoms with van der Waals surface area (Å²) in [5.74, 6) is 0. The van der Waals surface area contributed by atoms with Crippen LogP contribution in [-0.2, 0) is 5.54 Å². The van der Waals surface area contributed by atoms with Gasteiger partial charge in [0.05, 0.1) is 0 Å². The molecule has 2 N–H and O–H groups in total. The third kappa shape index (κ3) is 1.49. The summed E-state index contributed by atoms with van der Waals surface area (Å²) in [4.78, 5) is 2.85. The Hall–Kier alpha value is -0.860. The predicted molar refractivity (Wildman–Crippen MR) is 73.2 cm³/mol. The molecule has 1 aromatic carbocycles. The van der Waals surface area contributed by atoms with E-state index in [0.717, 1.165) is 12.1 Å². The Morgan fingerprint density at radius 2 is 1.61 bits per heavy atom. The van der Waals surface area contributed by atoms with Crippen LogP contribution >= 0.6 is 0 Å². The molecular weight excluding hydrogens is 220 g/mol. The minimum atomic E-state index is 0.382. The first-order valence-electron chi connectivity index (χ1n) is 7.39. The van der Waals surface area contributed by atoms with E-state index >= 15 is 0 Å². The van der Waals surface area contributed by atoms with E-state index in [1.165, 1.54) is 44.1 Å². The Morgan fingerprint density at radius 3 is 2.17 bits per heavy atom. The molecule has 4 rings (SSSR count). The van der Waals surface area contributed by atoms with Crippen LogP contribution in [0.15, 0.2) is 30.3 Å². The fourth-order valence-electron chi connectivity index (χ4n) is 4.48. The number of rotatable bonds is 2.